The van der Waals surface area contributed by atoms with Gasteiger partial charge in [0, 0.05) is 49.8 Å². The summed E-state index contributed by atoms with van der Waals surface area (Å²) in [7, 11) is -0.934. The van der Waals surface area contributed by atoms with Crippen LogP contribution in [0.3, 0.4) is 0 Å². The Labute approximate surface area is 187 Å². The number of carbonyl (C=O) groups is 1. The van der Waals surface area contributed by atoms with E-state index in [2.05, 4.69) is 11.8 Å². The predicted molar refractivity (Wildman–Crippen MR) is 123 cm³/mol. The first-order valence-corrected chi connectivity index (χ1v) is 12.0. The lowest BCUT2D eigenvalue weighted by Crippen LogP contribution is -2.46. The summed E-state index contributed by atoms with van der Waals surface area (Å²) in [6, 6.07) is 5.48. The molecular formula is C21H33ClN4O3S. The van der Waals surface area contributed by atoms with E-state index >= 15 is 0 Å². The van der Waals surface area contributed by atoms with E-state index < -0.39 is 16.9 Å². The van der Waals surface area contributed by atoms with Crippen molar-refractivity contribution in [3.05, 3.63) is 41.2 Å². The van der Waals surface area contributed by atoms with Crippen molar-refractivity contribution in [2.24, 2.45) is 0 Å². The molecule has 0 N–H and O–H groups in total. The van der Waals surface area contributed by atoms with Crippen LogP contribution in [0.1, 0.15) is 52.0 Å². The van der Waals surface area contributed by atoms with Gasteiger partial charge in [0.25, 0.3) is 0 Å². The van der Waals surface area contributed by atoms with Crippen LogP contribution in [0.25, 0.3) is 0 Å². The smallest absolute Gasteiger partial charge is 0.339 e. The summed E-state index contributed by atoms with van der Waals surface area (Å²) in [6.07, 6.45) is 6.69. The first-order valence-electron chi connectivity index (χ1n) is 10.5. The van der Waals surface area contributed by atoms with Crippen LogP contribution in [-0.4, -0.2) is 54.9 Å². The molecule has 0 aliphatic carbocycles. The van der Waals surface area contributed by atoms with Crippen molar-refractivity contribution < 1.29 is 13.2 Å². The van der Waals surface area contributed by atoms with E-state index in [4.69, 9.17) is 11.6 Å². The molecule has 1 aliphatic rings. The van der Waals surface area contributed by atoms with Crippen molar-refractivity contribution in [3.8, 4) is 0 Å². The van der Waals surface area contributed by atoms with Crippen LogP contribution >= 0.6 is 11.6 Å². The Kier molecular flexibility index (Phi) is 9.30. The second-order valence-electron chi connectivity index (χ2n) is 7.56. The molecule has 30 heavy (non-hydrogen) atoms. The van der Waals surface area contributed by atoms with Gasteiger partial charge in [-0.1, -0.05) is 44.4 Å². The molecule has 1 atom stereocenters. The highest BCUT2D eigenvalue weighted by Gasteiger charge is 2.31. The van der Waals surface area contributed by atoms with Crippen LogP contribution in [0.5, 0.6) is 0 Å². The number of rotatable bonds is 10. The summed E-state index contributed by atoms with van der Waals surface area (Å²) < 4.78 is 24.1. The summed E-state index contributed by atoms with van der Waals surface area (Å²) in [4.78, 5) is 18.4. The minimum Gasteiger partial charge on any atom is -0.375 e. The third kappa shape index (κ3) is 6.04. The summed E-state index contributed by atoms with van der Waals surface area (Å²) in [6.45, 7) is 7.73. The third-order valence-electron chi connectivity index (χ3n) is 5.30. The van der Waals surface area contributed by atoms with E-state index in [0.717, 1.165) is 41.4 Å². The van der Waals surface area contributed by atoms with Gasteiger partial charge in [-0.05, 0) is 37.5 Å². The molecule has 0 saturated heterocycles. The molecule has 1 heterocycles. The highest BCUT2D eigenvalue weighted by atomic mass is 35.5. The number of unbranched alkanes of at least 4 members (excludes halogenated alkanes) is 2. The Morgan fingerprint density at radius 1 is 1.13 bits per heavy atom. The van der Waals surface area contributed by atoms with Gasteiger partial charge in [0.05, 0.1) is 0 Å². The van der Waals surface area contributed by atoms with Crippen LogP contribution in [0.4, 0.5) is 10.5 Å². The average molecular weight is 457 g/mol. The van der Waals surface area contributed by atoms with E-state index in [1.54, 1.807) is 12.4 Å². The SMILES string of the molecule is CCCCCN(C(=O)N1C=CN(Cc2ccc(N(C)CCC)cc2Cl)C1C)[SH](=O)=O. The number of benzene rings is 1. The number of anilines is 1. The fourth-order valence-corrected chi connectivity index (χ4v) is 4.21. The van der Waals surface area contributed by atoms with Crippen molar-refractivity contribution in [3.63, 3.8) is 0 Å². The Morgan fingerprint density at radius 2 is 1.87 bits per heavy atom. The van der Waals surface area contributed by atoms with Gasteiger partial charge in [-0.15, -0.1) is 0 Å². The Morgan fingerprint density at radius 3 is 2.47 bits per heavy atom. The van der Waals surface area contributed by atoms with Crippen LogP contribution < -0.4 is 4.90 Å². The molecule has 1 aromatic rings. The second-order valence-corrected chi connectivity index (χ2v) is 8.92. The minimum absolute atomic E-state index is 0.209. The molecule has 1 aromatic carbocycles. The zero-order valence-electron chi connectivity index (χ0n) is 18.3. The molecule has 168 valence electrons. The van der Waals surface area contributed by atoms with Gasteiger partial charge in [-0.3, -0.25) is 4.90 Å². The van der Waals surface area contributed by atoms with Gasteiger partial charge in [0.15, 0.2) is 0 Å². The molecule has 7 nitrogen and oxygen atoms in total. The topological polar surface area (TPSA) is 64.2 Å². The van der Waals surface area contributed by atoms with Gasteiger partial charge in [0.2, 0.25) is 10.9 Å². The highest BCUT2D eigenvalue weighted by Crippen LogP contribution is 2.27. The van der Waals surface area contributed by atoms with Crippen molar-refractivity contribution in [2.75, 3.05) is 25.0 Å². The van der Waals surface area contributed by atoms with Crippen molar-refractivity contribution in [1.29, 1.82) is 0 Å². The number of hydrogen-bond donors (Lipinski definition) is 1. The Bertz CT molecular complexity index is 822. The van der Waals surface area contributed by atoms with Gasteiger partial charge in [-0.2, -0.15) is 0 Å². The maximum absolute atomic E-state index is 12.8. The minimum atomic E-state index is -2.97. The summed E-state index contributed by atoms with van der Waals surface area (Å²) >= 11 is 6.52. The molecule has 1 aliphatic heterocycles. The van der Waals surface area contributed by atoms with E-state index in [0.29, 0.717) is 18.0 Å². The number of carbonyl (C=O) groups excluding carboxylic acids is 1. The largest absolute Gasteiger partial charge is 0.375 e. The van der Waals surface area contributed by atoms with Crippen LogP contribution in [-0.2, 0) is 17.4 Å². The lowest BCUT2D eigenvalue weighted by molar-refractivity contribution is 0.147. The summed E-state index contributed by atoms with van der Waals surface area (Å²) in [5, 5.41) is 0.671. The van der Waals surface area contributed by atoms with Gasteiger partial charge >= 0.3 is 6.03 Å². The fraction of sp³-hybridized carbons (Fsp3) is 0.571. The second kappa shape index (κ2) is 11.5. The van der Waals surface area contributed by atoms with Crippen LogP contribution in [0.15, 0.2) is 30.6 Å². The maximum Gasteiger partial charge on any atom is 0.339 e. The Hall–Kier alpha value is -1.93. The number of thiol groups is 1. The van der Waals surface area contributed by atoms with E-state index in [9.17, 15) is 13.2 Å². The first-order chi connectivity index (χ1) is 14.3. The normalized spacial score (nSPS) is 15.9. The number of halogens is 1. The lowest BCUT2D eigenvalue weighted by Gasteiger charge is -2.31. The lowest BCUT2D eigenvalue weighted by atomic mass is 10.1. The Balaban J connectivity index is 2.05. The van der Waals surface area contributed by atoms with E-state index in [-0.39, 0.29) is 12.7 Å². The number of hydrogen-bond acceptors (Lipinski definition) is 5. The van der Waals surface area contributed by atoms with E-state index in [1.165, 1.54) is 4.90 Å². The van der Waals surface area contributed by atoms with Crippen LogP contribution in [0, 0.1) is 0 Å². The molecule has 9 heteroatoms. The molecule has 0 spiro atoms. The average Bonchev–Trinajstić information content (AvgIpc) is 3.06. The van der Waals surface area contributed by atoms with E-state index in [1.807, 2.05) is 44.0 Å². The molecule has 0 bridgehead atoms. The zero-order chi connectivity index (χ0) is 22.3. The molecule has 2 amide bonds. The predicted octanol–water partition coefficient (Wildman–Crippen LogP) is 4.26. The number of amides is 2. The summed E-state index contributed by atoms with van der Waals surface area (Å²) in [5.41, 5.74) is 2.01. The monoisotopic (exact) mass is 456 g/mol. The zero-order valence-corrected chi connectivity index (χ0v) is 19.9. The van der Waals surface area contributed by atoms with Crippen molar-refractivity contribution >= 4 is 34.2 Å². The molecule has 0 saturated carbocycles. The van der Waals surface area contributed by atoms with Gasteiger partial charge in [0.1, 0.15) is 6.17 Å². The molecular weight excluding hydrogens is 424 g/mol. The summed E-state index contributed by atoms with van der Waals surface area (Å²) in [5.74, 6) is 0. The van der Waals surface area contributed by atoms with Gasteiger partial charge in [-0.25, -0.2) is 17.5 Å². The van der Waals surface area contributed by atoms with Crippen molar-refractivity contribution in [2.45, 2.75) is 59.2 Å². The molecule has 1 unspecified atom stereocenters. The highest BCUT2D eigenvalue weighted by molar-refractivity contribution is 7.70. The number of urea groups is 1. The van der Waals surface area contributed by atoms with Crippen molar-refractivity contribution in [1.82, 2.24) is 14.1 Å². The third-order valence-corrected chi connectivity index (χ3v) is 6.42. The molecule has 0 radical (unpaired) electrons. The molecule has 0 fully saturated rings. The molecule has 2 rings (SSSR count). The standard InChI is InChI=1S/C21H33ClN4O3S/c1-5-7-8-12-26(30(28)29)21(27)25-14-13-24(17(25)3)16-18-9-10-19(15-20(18)22)23(4)11-6-2/h9-10,13-15,17,30H,5-8,11-12,16H2,1-4H3. The molecule has 0 aromatic heterocycles. The van der Waals surface area contributed by atoms with Gasteiger partial charge < -0.3 is 9.80 Å². The quantitative estimate of drug-likeness (QED) is 0.421. The maximum atomic E-state index is 12.8. The fourth-order valence-electron chi connectivity index (χ4n) is 3.43. The number of nitrogens with zero attached hydrogens (tertiary/aromatic N) is 4. The van der Waals surface area contributed by atoms with Crippen LogP contribution in [0.2, 0.25) is 5.02 Å². The first kappa shape index (κ1) is 24.3.